The Morgan fingerprint density at radius 1 is 1.71 bits per heavy atom. The molecule has 42 valence electrons. The highest BCUT2D eigenvalue weighted by atomic mass is 16.6. The molecule has 0 amide bonds. The minimum Gasteiger partial charge on any atom is -0.473 e. The molecule has 0 atom stereocenters. The molecule has 0 rings (SSSR count). The van der Waals surface area contributed by atoms with Gasteiger partial charge in [-0.25, -0.2) is 4.79 Å². The molecule has 3 N–H and O–H groups in total. The van der Waals surface area contributed by atoms with Crippen molar-refractivity contribution in [3.8, 4) is 0 Å². The number of hydrogen-bond acceptors (Lipinski definition) is 3. The molecule has 0 aliphatic heterocycles. The second-order valence-corrected chi connectivity index (χ2v) is 0.175. The van der Waals surface area contributed by atoms with E-state index in [9.17, 15) is 0 Å². The van der Waals surface area contributed by atoms with Crippen LogP contribution in [0.2, 0.25) is 0 Å². The van der Waals surface area contributed by atoms with Crippen LogP contribution >= 0.6 is 0 Å². The topological polar surface area (TPSA) is 121 Å². The predicted molar refractivity (Wildman–Crippen MR) is 18.0 cm³/mol. The Kier molecular flexibility index (Phi) is 250. The lowest BCUT2D eigenvalue weighted by Crippen LogP contribution is -2.53. The summed E-state index contributed by atoms with van der Waals surface area (Å²) in [6.45, 7) is 0.500. The zero-order valence-corrected chi connectivity index (χ0v) is 3.12. The van der Waals surface area contributed by atoms with Crippen molar-refractivity contribution in [1.29, 1.82) is 0 Å². The summed E-state index contributed by atoms with van der Waals surface area (Å²) < 4.78 is 0. The summed E-state index contributed by atoms with van der Waals surface area (Å²) in [6.07, 6.45) is 0. The smallest absolute Gasteiger partial charge is 0.414 e. The third kappa shape index (κ3) is 28.3. The molecule has 0 unspecified atom stereocenters. The molecule has 0 heterocycles. The molecule has 0 saturated carbocycles. The summed E-state index contributed by atoms with van der Waals surface area (Å²) in [7, 11) is 0. The molecule has 0 aromatic heterocycles. The van der Waals surface area contributed by atoms with E-state index in [1.807, 2.05) is 0 Å². The van der Waals surface area contributed by atoms with Crippen LogP contribution in [0.15, 0.2) is 0 Å². The number of hydrogen-bond donors (Lipinski definition) is 3. The average Bonchev–Trinajstić information content (AvgIpc) is 1.39. The van der Waals surface area contributed by atoms with E-state index < -0.39 is 0 Å². The molecule has 7 heavy (non-hydrogen) atoms. The fourth-order valence-electron chi connectivity index (χ4n) is 0. The first-order valence-electron chi connectivity index (χ1n) is 0.836. The van der Waals surface area contributed by atoms with Crippen LogP contribution in [0.5, 0.6) is 0 Å². The van der Waals surface area contributed by atoms with Crippen molar-refractivity contribution in [1.82, 2.24) is 0 Å². The Labute approximate surface area is 38.6 Å². The van der Waals surface area contributed by atoms with Crippen LogP contribution in [0.25, 0.3) is 0 Å². The Morgan fingerprint density at radius 3 is 1.71 bits per heavy atom. The summed E-state index contributed by atoms with van der Waals surface area (Å²) in [5.41, 5.74) is 0. The summed E-state index contributed by atoms with van der Waals surface area (Å²) >= 11 is 0. The zero-order chi connectivity index (χ0) is 5.41. The molecule has 0 spiro atoms. The van der Waals surface area contributed by atoms with Crippen molar-refractivity contribution in [3.63, 3.8) is 0 Å². The normalized spacial score (nSPS) is 3.43. The lowest BCUT2D eigenvalue weighted by atomic mass is 11.7. The van der Waals surface area contributed by atoms with Crippen LogP contribution in [-0.4, -0.2) is 17.1 Å². The van der Waals surface area contributed by atoms with E-state index in [4.69, 9.17) is 20.0 Å². The van der Waals surface area contributed by atoms with E-state index in [0.717, 1.165) is 0 Å². The zero-order valence-electron chi connectivity index (χ0n) is 3.12. The maximum atomic E-state index is 8.24. The van der Waals surface area contributed by atoms with Crippen molar-refractivity contribution in [2.75, 3.05) is 0 Å². The first-order valence-corrected chi connectivity index (χ1v) is 0.836. The van der Waals surface area contributed by atoms with Crippen LogP contribution in [0.4, 0.5) is 0 Å². The monoisotopic (exact) mass is 109 g/mol. The Morgan fingerprint density at radius 2 is 1.71 bits per heavy atom. The van der Waals surface area contributed by atoms with Gasteiger partial charge < -0.3 is 5.11 Å². The SMILES string of the molecule is O=[C]O.O=[NH+][O-].[OH]. The first kappa shape index (κ1) is 17.0. The largest absolute Gasteiger partial charge is 0.473 e. The van der Waals surface area contributed by atoms with Gasteiger partial charge in [-0.1, -0.05) is 0 Å². The van der Waals surface area contributed by atoms with E-state index in [0.29, 0.717) is 6.47 Å². The van der Waals surface area contributed by atoms with Crippen LogP contribution < -0.4 is 5.34 Å². The molecular formula is CH3NO5. The van der Waals surface area contributed by atoms with Crippen molar-refractivity contribution in [2.45, 2.75) is 0 Å². The first-order chi connectivity index (χ1) is 2.83. The second kappa shape index (κ2) is 103. The number of aliphatic hydroxyl groups excluding tert-OH is 1. The summed E-state index contributed by atoms with van der Waals surface area (Å²) in [4.78, 5) is 16.4. The van der Waals surface area contributed by atoms with Crippen molar-refractivity contribution >= 4 is 6.47 Å². The van der Waals surface area contributed by atoms with Crippen molar-refractivity contribution in [2.24, 2.45) is 0 Å². The van der Waals surface area contributed by atoms with E-state index in [-0.39, 0.29) is 10.8 Å². The van der Waals surface area contributed by atoms with Gasteiger partial charge in [0.1, 0.15) is 0 Å². The maximum absolute atomic E-state index is 8.24. The molecule has 0 aromatic rings. The minimum absolute atomic E-state index is 0. The highest BCUT2D eigenvalue weighted by Crippen LogP contribution is 0.973. The standard InChI is InChI=1S/CHO2.HNO2.HO/c2*2-1-3;/h(H,2,3);1H;1H. The highest BCUT2D eigenvalue weighted by Gasteiger charge is 1.30. The van der Waals surface area contributed by atoms with Crippen molar-refractivity contribution in [3.05, 3.63) is 10.1 Å². The molecule has 0 saturated heterocycles. The summed E-state index contributed by atoms with van der Waals surface area (Å²) in [5.74, 6) is 0. The number of rotatable bonds is 0. The molecular weight excluding hydrogens is 106 g/mol. The second-order valence-electron chi connectivity index (χ2n) is 0.175. The lowest BCUT2D eigenvalue weighted by molar-refractivity contribution is -0.398. The van der Waals surface area contributed by atoms with Gasteiger partial charge in [0.05, 0.1) is 0 Å². The molecule has 0 aromatic carbocycles. The van der Waals surface area contributed by atoms with Gasteiger partial charge in [-0.3, -0.25) is 15.6 Å². The molecule has 0 fully saturated rings. The van der Waals surface area contributed by atoms with E-state index in [2.05, 4.69) is 0 Å². The third-order valence-corrected chi connectivity index (χ3v) is 0. The molecule has 6 nitrogen and oxygen atoms in total. The van der Waals surface area contributed by atoms with Gasteiger partial charge in [-0.15, -0.1) is 0 Å². The molecule has 2 radical (unpaired) electrons. The summed E-state index contributed by atoms with van der Waals surface area (Å²) in [5, 5.41) is 15.1. The quantitative estimate of drug-likeness (QED) is 0.240. The van der Waals surface area contributed by atoms with Gasteiger partial charge in [-0.2, -0.15) is 0 Å². The molecule has 0 aliphatic carbocycles. The van der Waals surface area contributed by atoms with E-state index >= 15 is 0 Å². The predicted octanol–water partition coefficient (Wildman–Crippen LogP) is -2.23. The summed E-state index contributed by atoms with van der Waals surface area (Å²) in [6, 6.07) is 0. The van der Waals surface area contributed by atoms with Gasteiger partial charge >= 0.3 is 6.47 Å². The highest BCUT2D eigenvalue weighted by molar-refractivity contribution is 5.34. The fourth-order valence-corrected chi connectivity index (χ4v) is 0. The Hall–Kier alpha value is -1.17. The van der Waals surface area contributed by atoms with E-state index in [1.54, 1.807) is 0 Å². The average molecular weight is 109 g/mol. The maximum Gasteiger partial charge on any atom is 0.414 e. The Balaban J connectivity index is -0.0000000400. The van der Waals surface area contributed by atoms with E-state index in [1.165, 1.54) is 0 Å². The van der Waals surface area contributed by atoms with Gasteiger partial charge in [0, 0.05) is 5.34 Å². The van der Waals surface area contributed by atoms with Gasteiger partial charge in [-0.05, 0) is 0 Å². The van der Waals surface area contributed by atoms with Crippen LogP contribution in [0.1, 0.15) is 0 Å². The van der Waals surface area contributed by atoms with Crippen LogP contribution in [-0.2, 0) is 4.79 Å². The lowest BCUT2D eigenvalue weighted by Gasteiger charge is -1.36. The van der Waals surface area contributed by atoms with Crippen LogP contribution in [0, 0.1) is 10.1 Å². The molecule has 0 aliphatic rings. The van der Waals surface area contributed by atoms with Crippen LogP contribution in [0.3, 0.4) is 0 Å². The fraction of sp³-hybridized carbons (Fsp3) is 0. The Bertz CT molecular complexity index is 29.1. The third-order valence-electron chi connectivity index (χ3n) is 0. The van der Waals surface area contributed by atoms with Gasteiger partial charge in [0.2, 0.25) is 0 Å². The molecule has 0 bridgehead atoms. The van der Waals surface area contributed by atoms with Gasteiger partial charge in [0.25, 0.3) is 0 Å². The van der Waals surface area contributed by atoms with Crippen molar-refractivity contribution < 1.29 is 20.7 Å². The minimum atomic E-state index is 0. The van der Waals surface area contributed by atoms with Gasteiger partial charge in [0.15, 0.2) is 0 Å². The number of nitrogens with one attached hydrogen (secondary N) is 1. The molecule has 6 heteroatoms.